The van der Waals surface area contributed by atoms with E-state index in [-0.39, 0.29) is 0 Å². The topological polar surface area (TPSA) is 30.8 Å². The van der Waals surface area contributed by atoms with Crippen molar-refractivity contribution in [1.82, 2.24) is 0 Å². The molecule has 0 amide bonds. The van der Waals surface area contributed by atoms with E-state index in [1.807, 2.05) is 61.5 Å². The molecule has 92 valence electrons. The highest BCUT2D eigenvalue weighted by Gasteiger charge is 1.99. The van der Waals surface area contributed by atoms with Crippen molar-refractivity contribution < 1.29 is 9.57 Å². The van der Waals surface area contributed by atoms with Crippen molar-refractivity contribution in [3.05, 3.63) is 60.2 Å². The van der Waals surface area contributed by atoms with Gasteiger partial charge in [0.1, 0.15) is 5.75 Å². The standard InChI is InChI=1S/C15H15NO2/c1-12(13-8-10-14(17-2)11-9-13)16-18-15-6-4-3-5-7-15/h3-11H,1-2H3/b16-12-. The molecule has 0 aromatic heterocycles. The lowest BCUT2D eigenvalue weighted by Crippen LogP contribution is -1.97. The van der Waals surface area contributed by atoms with Gasteiger partial charge in [-0.25, -0.2) is 0 Å². The second-order valence-corrected chi connectivity index (χ2v) is 3.81. The largest absolute Gasteiger partial charge is 0.497 e. The zero-order valence-electron chi connectivity index (χ0n) is 10.5. The number of hydrogen-bond acceptors (Lipinski definition) is 3. The summed E-state index contributed by atoms with van der Waals surface area (Å²) in [6.45, 7) is 1.91. The monoisotopic (exact) mass is 241 g/mol. The molecule has 0 aliphatic carbocycles. The highest BCUT2D eigenvalue weighted by atomic mass is 16.6. The van der Waals surface area contributed by atoms with Crippen LogP contribution in [-0.2, 0) is 0 Å². The first-order chi connectivity index (χ1) is 8.79. The first kappa shape index (κ1) is 12.2. The third-order valence-electron chi connectivity index (χ3n) is 2.54. The maximum Gasteiger partial charge on any atom is 0.157 e. The van der Waals surface area contributed by atoms with Crippen LogP contribution in [0.25, 0.3) is 0 Å². The summed E-state index contributed by atoms with van der Waals surface area (Å²) >= 11 is 0. The molecule has 0 unspecified atom stereocenters. The molecule has 0 spiro atoms. The van der Waals surface area contributed by atoms with Gasteiger partial charge in [0.2, 0.25) is 0 Å². The number of para-hydroxylation sites is 1. The van der Waals surface area contributed by atoms with Crippen molar-refractivity contribution in [1.29, 1.82) is 0 Å². The molecule has 18 heavy (non-hydrogen) atoms. The first-order valence-electron chi connectivity index (χ1n) is 5.70. The number of methoxy groups -OCH3 is 1. The zero-order chi connectivity index (χ0) is 12.8. The number of hydrogen-bond donors (Lipinski definition) is 0. The van der Waals surface area contributed by atoms with Crippen molar-refractivity contribution in [2.24, 2.45) is 5.16 Å². The number of nitrogens with zero attached hydrogens (tertiary/aromatic N) is 1. The molecule has 0 atom stereocenters. The van der Waals surface area contributed by atoms with Crippen LogP contribution >= 0.6 is 0 Å². The molecule has 0 aliphatic heterocycles. The average molecular weight is 241 g/mol. The van der Waals surface area contributed by atoms with E-state index in [1.165, 1.54) is 0 Å². The lowest BCUT2D eigenvalue weighted by Gasteiger charge is -2.03. The lowest BCUT2D eigenvalue weighted by atomic mass is 10.1. The van der Waals surface area contributed by atoms with Crippen LogP contribution in [0.3, 0.4) is 0 Å². The second-order valence-electron chi connectivity index (χ2n) is 3.81. The second kappa shape index (κ2) is 5.87. The molecule has 0 N–H and O–H groups in total. The highest BCUT2D eigenvalue weighted by molar-refractivity contribution is 5.98. The van der Waals surface area contributed by atoms with Crippen molar-refractivity contribution in [3.63, 3.8) is 0 Å². The minimum absolute atomic E-state index is 0.727. The smallest absolute Gasteiger partial charge is 0.157 e. The molecular weight excluding hydrogens is 226 g/mol. The summed E-state index contributed by atoms with van der Waals surface area (Å²) in [4.78, 5) is 5.34. The normalized spacial score (nSPS) is 11.1. The molecule has 0 heterocycles. The number of oxime groups is 1. The Morgan fingerprint density at radius 2 is 1.56 bits per heavy atom. The van der Waals surface area contributed by atoms with Gasteiger partial charge in [-0.1, -0.05) is 23.4 Å². The van der Waals surface area contributed by atoms with E-state index in [0.717, 1.165) is 22.8 Å². The summed E-state index contributed by atoms with van der Waals surface area (Å²) in [6.07, 6.45) is 0. The summed E-state index contributed by atoms with van der Waals surface area (Å²) in [5, 5.41) is 4.10. The van der Waals surface area contributed by atoms with Gasteiger partial charge in [-0.05, 0) is 48.9 Å². The summed E-state index contributed by atoms with van der Waals surface area (Å²) in [5.74, 6) is 1.56. The average Bonchev–Trinajstić information content (AvgIpc) is 2.46. The molecule has 2 aromatic carbocycles. The molecule has 0 bridgehead atoms. The van der Waals surface area contributed by atoms with Crippen LogP contribution in [0.5, 0.6) is 11.5 Å². The van der Waals surface area contributed by atoms with Gasteiger partial charge < -0.3 is 9.57 Å². The van der Waals surface area contributed by atoms with Crippen molar-refractivity contribution in [2.75, 3.05) is 7.11 Å². The summed E-state index contributed by atoms with van der Waals surface area (Å²) in [5.41, 5.74) is 1.83. The fraction of sp³-hybridized carbons (Fsp3) is 0.133. The zero-order valence-corrected chi connectivity index (χ0v) is 10.5. The van der Waals surface area contributed by atoms with Gasteiger partial charge in [0.25, 0.3) is 0 Å². The van der Waals surface area contributed by atoms with E-state index in [1.54, 1.807) is 7.11 Å². The molecule has 0 fully saturated rings. The predicted molar refractivity (Wildman–Crippen MR) is 72.3 cm³/mol. The number of rotatable bonds is 4. The van der Waals surface area contributed by atoms with E-state index >= 15 is 0 Å². The Kier molecular flexibility index (Phi) is 3.97. The lowest BCUT2D eigenvalue weighted by molar-refractivity contribution is 0.341. The van der Waals surface area contributed by atoms with Crippen LogP contribution in [-0.4, -0.2) is 12.8 Å². The van der Waals surface area contributed by atoms with Crippen molar-refractivity contribution >= 4 is 5.71 Å². The minimum atomic E-state index is 0.727. The molecule has 3 heteroatoms. The van der Waals surface area contributed by atoms with Gasteiger partial charge in [0, 0.05) is 0 Å². The Morgan fingerprint density at radius 1 is 0.889 bits per heavy atom. The highest BCUT2D eigenvalue weighted by Crippen LogP contribution is 2.13. The van der Waals surface area contributed by atoms with E-state index in [9.17, 15) is 0 Å². The van der Waals surface area contributed by atoms with Gasteiger partial charge >= 0.3 is 0 Å². The molecule has 0 aliphatic rings. The third-order valence-corrected chi connectivity index (χ3v) is 2.54. The molecule has 2 rings (SSSR count). The van der Waals surface area contributed by atoms with Crippen LogP contribution < -0.4 is 9.57 Å². The van der Waals surface area contributed by atoms with Gasteiger partial charge in [-0.2, -0.15) is 0 Å². The molecule has 3 nitrogen and oxygen atoms in total. The van der Waals surface area contributed by atoms with Crippen LogP contribution in [0.4, 0.5) is 0 Å². The quantitative estimate of drug-likeness (QED) is 0.606. The van der Waals surface area contributed by atoms with Gasteiger partial charge in [0.05, 0.1) is 12.8 Å². The Labute approximate surface area is 107 Å². The predicted octanol–water partition coefficient (Wildman–Crippen LogP) is 3.50. The molecule has 2 aromatic rings. The molecular formula is C15H15NO2. The van der Waals surface area contributed by atoms with Gasteiger partial charge in [-0.15, -0.1) is 0 Å². The first-order valence-corrected chi connectivity index (χ1v) is 5.70. The van der Waals surface area contributed by atoms with E-state index in [0.29, 0.717) is 0 Å². The number of benzene rings is 2. The maximum atomic E-state index is 5.34. The summed E-state index contributed by atoms with van der Waals surface area (Å²) < 4.78 is 5.11. The fourth-order valence-corrected chi connectivity index (χ4v) is 1.49. The summed E-state index contributed by atoms with van der Waals surface area (Å²) in [7, 11) is 1.65. The Morgan fingerprint density at radius 3 is 2.17 bits per heavy atom. The number of ether oxygens (including phenoxy) is 1. The van der Waals surface area contributed by atoms with Crippen LogP contribution in [0, 0.1) is 0 Å². The van der Waals surface area contributed by atoms with Gasteiger partial charge in [-0.3, -0.25) is 0 Å². The van der Waals surface area contributed by atoms with Gasteiger partial charge in [0.15, 0.2) is 5.75 Å². The van der Waals surface area contributed by atoms with Crippen LogP contribution in [0.2, 0.25) is 0 Å². The molecule has 0 saturated heterocycles. The molecule has 0 radical (unpaired) electrons. The van der Waals surface area contributed by atoms with Crippen molar-refractivity contribution in [2.45, 2.75) is 6.92 Å². The Hall–Kier alpha value is -2.29. The molecule has 0 saturated carbocycles. The third kappa shape index (κ3) is 3.10. The Bertz CT molecular complexity index is 518. The SMILES string of the molecule is COc1ccc(/C(C)=N\Oc2ccccc2)cc1. The summed E-state index contributed by atoms with van der Waals surface area (Å²) in [6, 6.07) is 17.2. The Balaban J connectivity index is 2.08. The fourth-order valence-electron chi connectivity index (χ4n) is 1.49. The van der Waals surface area contributed by atoms with E-state index in [2.05, 4.69) is 5.16 Å². The van der Waals surface area contributed by atoms with Crippen molar-refractivity contribution in [3.8, 4) is 11.5 Å². The van der Waals surface area contributed by atoms with Crippen LogP contribution in [0.1, 0.15) is 12.5 Å². The van der Waals surface area contributed by atoms with E-state index in [4.69, 9.17) is 9.57 Å². The van der Waals surface area contributed by atoms with Crippen LogP contribution in [0.15, 0.2) is 59.8 Å². The van der Waals surface area contributed by atoms with E-state index < -0.39 is 0 Å². The maximum absolute atomic E-state index is 5.34. The minimum Gasteiger partial charge on any atom is -0.497 e.